The van der Waals surface area contributed by atoms with Crippen molar-refractivity contribution < 1.29 is 4.74 Å². The molecule has 1 N–H and O–H groups in total. The van der Waals surface area contributed by atoms with Gasteiger partial charge in [0.15, 0.2) is 0 Å². The van der Waals surface area contributed by atoms with Gasteiger partial charge in [-0.15, -0.1) is 0 Å². The van der Waals surface area contributed by atoms with Gasteiger partial charge in [-0.3, -0.25) is 0 Å². The van der Waals surface area contributed by atoms with Gasteiger partial charge in [-0.25, -0.2) is 0 Å². The first-order chi connectivity index (χ1) is 9.40. The molecule has 0 aliphatic heterocycles. The van der Waals surface area contributed by atoms with Gasteiger partial charge in [-0.2, -0.15) is 0 Å². The smallest absolute Gasteiger partial charge is 0.142 e. The Balaban J connectivity index is 2.71. The van der Waals surface area contributed by atoms with E-state index in [2.05, 4.69) is 24.1 Å². The Kier molecular flexibility index (Phi) is 7.67. The lowest BCUT2D eigenvalue weighted by molar-refractivity contribution is 0.279. The van der Waals surface area contributed by atoms with Crippen molar-refractivity contribution in [2.24, 2.45) is 0 Å². The highest BCUT2D eigenvalue weighted by Gasteiger charge is 2.11. The number of rotatable bonds is 8. The molecule has 0 saturated heterocycles. The van der Waals surface area contributed by atoms with Crippen LogP contribution < -0.4 is 10.1 Å². The van der Waals surface area contributed by atoms with E-state index in [0.29, 0.717) is 29.2 Å². The third kappa shape index (κ3) is 6.31. The quantitative estimate of drug-likeness (QED) is 0.737. The number of hydrogen-bond acceptors (Lipinski definition) is 3. The fourth-order valence-electron chi connectivity index (χ4n) is 1.78. The maximum Gasteiger partial charge on any atom is 0.142 e. The van der Waals surface area contributed by atoms with Crippen molar-refractivity contribution in [3.05, 3.63) is 27.7 Å². The third-order valence-electron chi connectivity index (χ3n) is 2.78. The van der Waals surface area contributed by atoms with Gasteiger partial charge in [0.1, 0.15) is 5.75 Å². The van der Waals surface area contributed by atoms with E-state index in [1.807, 2.05) is 20.2 Å². The number of hydrogen-bond donors (Lipinski definition) is 1. The normalized spacial score (nSPS) is 11.4. The molecule has 20 heavy (non-hydrogen) atoms. The molecule has 5 heteroatoms. The Labute approximate surface area is 132 Å². The molecule has 0 aromatic heterocycles. The topological polar surface area (TPSA) is 24.5 Å². The highest BCUT2D eigenvalue weighted by Crippen LogP contribution is 2.32. The zero-order chi connectivity index (χ0) is 15.1. The van der Waals surface area contributed by atoms with Gasteiger partial charge in [0, 0.05) is 29.7 Å². The van der Waals surface area contributed by atoms with Crippen molar-refractivity contribution in [1.82, 2.24) is 10.2 Å². The average molecular weight is 319 g/mol. The summed E-state index contributed by atoms with van der Waals surface area (Å²) in [5, 5.41) is 4.57. The Morgan fingerprint density at radius 1 is 1.25 bits per heavy atom. The van der Waals surface area contributed by atoms with Crippen molar-refractivity contribution in [1.29, 1.82) is 0 Å². The molecular formula is C15H24Cl2N2O. The van der Waals surface area contributed by atoms with Gasteiger partial charge in [0.05, 0.1) is 11.6 Å². The summed E-state index contributed by atoms with van der Waals surface area (Å²) >= 11 is 12.3. The Bertz CT molecular complexity index is 423. The Morgan fingerprint density at radius 3 is 2.55 bits per heavy atom. The van der Waals surface area contributed by atoms with Crippen molar-refractivity contribution in [3.8, 4) is 5.75 Å². The van der Waals surface area contributed by atoms with E-state index in [0.717, 1.165) is 24.3 Å². The standard InChI is InChI=1S/C15H24Cl2N2O/c1-11(2)18-10-12-8-13(16)9-14(17)15(12)20-7-5-6-19(3)4/h8-9,11,18H,5-7,10H2,1-4H3. The minimum absolute atomic E-state index is 0.398. The first-order valence-corrected chi connectivity index (χ1v) is 7.64. The van der Waals surface area contributed by atoms with E-state index in [1.165, 1.54) is 0 Å². The van der Waals surface area contributed by atoms with E-state index >= 15 is 0 Å². The van der Waals surface area contributed by atoms with Crippen LogP contribution >= 0.6 is 23.2 Å². The molecule has 0 saturated carbocycles. The number of benzene rings is 1. The second-order valence-corrected chi connectivity index (χ2v) is 6.26. The maximum atomic E-state index is 6.24. The molecule has 0 radical (unpaired) electrons. The lowest BCUT2D eigenvalue weighted by atomic mass is 10.2. The zero-order valence-corrected chi connectivity index (χ0v) is 14.2. The minimum Gasteiger partial charge on any atom is -0.492 e. The Hall–Kier alpha value is -0.480. The predicted molar refractivity (Wildman–Crippen MR) is 87.1 cm³/mol. The van der Waals surface area contributed by atoms with Gasteiger partial charge in [-0.05, 0) is 32.6 Å². The zero-order valence-electron chi connectivity index (χ0n) is 12.7. The van der Waals surface area contributed by atoms with Crippen LogP contribution in [0, 0.1) is 0 Å². The van der Waals surface area contributed by atoms with Crippen molar-refractivity contribution in [3.63, 3.8) is 0 Å². The van der Waals surface area contributed by atoms with E-state index in [-0.39, 0.29) is 0 Å². The van der Waals surface area contributed by atoms with Crippen LogP contribution in [0.3, 0.4) is 0 Å². The highest BCUT2D eigenvalue weighted by molar-refractivity contribution is 6.35. The maximum absolute atomic E-state index is 6.24. The molecule has 1 aromatic rings. The second-order valence-electron chi connectivity index (χ2n) is 5.42. The van der Waals surface area contributed by atoms with Crippen molar-refractivity contribution in [2.75, 3.05) is 27.2 Å². The monoisotopic (exact) mass is 318 g/mol. The number of nitrogens with zero attached hydrogens (tertiary/aromatic N) is 1. The van der Waals surface area contributed by atoms with Crippen LogP contribution in [0.5, 0.6) is 5.75 Å². The van der Waals surface area contributed by atoms with Gasteiger partial charge in [0.2, 0.25) is 0 Å². The molecule has 1 aromatic carbocycles. The summed E-state index contributed by atoms with van der Waals surface area (Å²) in [6, 6.07) is 4.03. The van der Waals surface area contributed by atoms with Gasteiger partial charge < -0.3 is 15.0 Å². The predicted octanol–water partition coefficient (Wildman–Crippen LogP) is 3.82. The molecule has 0 spiro atoms. The molecule has 114 valence electrons. The van der Waals surface area contributed by atoms with Crippen LogP contribution in [-0.4, -0.2) is 38.2 Å². The fourth-order valence-corrected chi connectivity index (χ4v) is 2.37. The number of nitrogens with one attached hydrogen (secondary N) is 1. The number of ether oxygens (including phenoxy) is 1. The summed E-state index contributed by atoms with van der Waals surface area (Å²) in [6.45, 7) is 6.54. The summed E-state index contributed by atoms with van der Waals surface area (Å²) in [5.74, 6) is 0.739. The average Bonchev–Trinajstić information content (AvgIpc) is 2.33. The molecule has 0 unspecified atom stereocenters. The lowest BCUT2D eigenvalue weighted by Crippen LogP contribution is -2.22. The molecule has 1 rings (SSSR count). The van der Waals surface area contributed by atoms with E-state index < -0.39 is 0 Å². The molecule has 3 nitrogen and oxygen atoms in total. The summed E-state index contributed by atoms with van der Waals surface area (Å²) < 4.78 is 5.85. The third-order valence-corrected chi connectivity index (χ3v) is 3.28. The fraction of sp³-hybridized carbons (Fsp3) is 0.600. The molecular weight excluding hydrogens is 295 g/mol. The van der Waals surface area contributed by atoms with Crippen molar-refractivity contribution >= 4 is 23.2 Å². The van der Waals surface area contributed by atoms with Gasteiger partial charge in [-0.1, -0.05) is 37.0 Å². The lowest BCUT2D eigenvalue weighted by Gasteiger charge is -2.16. The number of halogens is 2. The van der Waals surface area contributed by atoms with Crippen LogP contribution in [0.15, 0.2) is 12.1 Å². The molecule has 0 aliphatic rings. The summed E-state index contributed by atoms with van der Waals surface area (Å²) in [6.07, 6.45) is 0.961. The minimum atomic E-state index is 0.398. The van der Waals surface area contributed by atoms with Crippen molar-refractivity contribution in [2.45, 2.75) is 32.9 Å². The molecule has 0 heterocycles. The SMILES string of the molecule is CC(C)NCc1cc(Cl)cc(Cl)c1OCCCN(C)C. The first kappa shape index (κ1) is 17.6. The van der Waals surface area contributed by atoms with Crippen LogP contribution in [0.2, 0.25) is 10.0 Å². The van der Waals surface area contributed by atoms with E-state index in [4.69, 9.17) is 27.9 Å². The van der Waals surface area contributed by atoms with E-state index in [9.17, 15) is 0 Å². The molecule has 0 fully saturated rings. The van der Waals surface area contributed by atoms with Gasteiger partial charge >= 0.3 is 0 Å². The first-order valence-electron chi connectivity index (χ1n) is 6.89. The summed E-state index contributed by atoms with van der Waals surface area (Å²) in [5.41, 5.74) is 1.00. The highest BCUT2D eigenvalue weighted by atomic mass is 35.5. The molecule has 0 bridgehead atoms. The largest absolute Gasteiger partial charge is 0.492 e. The summed E-state index contributed by atoms with van der Waals surface area (Å²) in [4.78, 5) is 2.13. The summed E-state index contributed by atoms with van der Waals surface area (Å²) in [7, 11) is 4.10. The molecule has 0 atom stereocenters. The van der Waals surface area contributed by atoms with Crippen LogP contribution in [0.4, 0.5) is 0 Å². The van der Waals surface area contributed by atoms with E-state index in [1.54, 1.807) is 6.07 Å². The Morgan fingerprint density at radius 2 is 1.95 bits per heavy atom. The van der Waals surface area contributed by atoms with Gasteiger partial charge in [0.25, 0.3) is 0 Å². The van der Waals surface area contributed by atoms with Crippen LogP contribution in [0.1, 0.15) is 25.8 Å². The second kappa shape index (κ2) is 8.73. The molecule has 0 amide bonds. The molecule has 0 aliphatic carbocycles. The van der Waals surface area contributed by atoms with Crippen LogP contribution in [0.25, 0.3) is 0 Å². The van der Waals surface area contributed by atoms with Crippen LogP contribution in [-0.2, 0) is 6.54 Å².